The lowest BCUT2D eigenvalue weighted by atomic mass is 9.92. The molecule has 1 atom stereocenters. The first-order valence-corrected chi connectivity index (χ1v) is 8.34. The molecule has 4 amide bonds. The first-order valence-electron chi connectivity index (χ1n) is 7.55. The molecule has 2 rings (SSSR count). The molecule has 0 bridgehead atoms. The molecule has 124 valence electrons. The number of hydrogen-bond donors (Lipinski definition) is 2. The molecule has 1 fully saturated rings. The van der Waals surface area contributed by atoms with Crippen molar-refractivity contribution < 1.29 is 14.4 Å². The van der Waals surface area contributed by atoms with Gasteiger partial charge >= 0.3 is 6.03 Å². The fourth-order valence-electron chi connectivity index (χ4n) is 2.44. The summed E-state index contributed by atoms with van der Waals surface area (Å²) in [6, 6.07) is 6.64. The Kier molecular flexibility index (Phi) is 5.41. The molecule has 2 N–H and O–H groups in total. The van der Waals surface area contributed by atoms with Gasteiger partial charge in [0.2, 0.25) is 5.91 Å². The van der Waals surface area contributed by atoms with Crippen LogP contribution in [-0.2, 0) is 15.1 Å². The van der Waals surface area contributed by atoms with Gasteiger partial charge in [-0.3, -0.25) is 14.5 Å². The van der Waals surface area contributed by atoms with Crippen LogP contribution in [0.3, 0.4) is 0 Å². The van der Waals surface area contributed by atoms with E-state index in [0.717, 1.165) is 22.2 Å². The van der Waals surface area contributed by atoms with Crippen LogP contribution in [0.1, 0.15) is 32.3 Å². The number of nitrogens with one attached hydrogen (secondary N) is 2. The summed E-state index contributed by atoms with van der Waals surface area (Å²) in [5, 5.41) is 5.39. The molecule has 1 unspecified atom stereocenters. The molecule has 0 aliphatic carbocycles. The number of carbonyl (C=O) groups is 3. The van der Waals surface area contributed by atoms with Crippen molar-refractivity contribution in [2.45, 2.75) is 32.2 Å². The highest BCUT2D eigenvalue weighted by molar-refractivity contribution is 9.10. The Labute approximate surface area is 143 Å². The molecule has 0 saturated carbocycles. The summed E-state index contributed by atoms with van der Waals surface area (Å²) in [5.41, 5.74) is -0.496. The van der Waals surface area contributed by atoms with Crippen molar-refractivity contribution in [1.82, 2.24) is 15.5 Å². The van der Waals surface area contributed by atoms with Gasteiger partial charge in [-0.2, -0.15) is 0 Å². The number of urea groups is 1. The molecule has 7 heteroatoms. The van der Waals surface area contributed by atoms with E-state index in [1.807, 2.05) is 13.0 Å². The van der Waals surface area contributed by atoms with Crippen molar-refractivity contribution >= 4 is 33.8 Å². The zero-order chi connectivity index (χ0) is 17.0. The third-order valence-corrected chi connectivity index (χ3v) is 4.32. The zero-order valence-electron chi connectivity index (χ0n) is 13.2. The Balaban J connectivity index is 2.12. The van der Waals surface area contributed by atoms with Gasteiger partial charge in [0.1, 0.15) is 12.1 Å². The van der Waals surface area contributed by atoms with Gasteiger partial charge in [0.05, 0.1) is 0 Å². The van der Waals surface area contributed by atoms with Crippen molar-refractivity contribution in [3.63, 3.8) is 0 Å². The minimum Gasteiger partial charge on any atom is -0.355 e. The first-order chi connectivity index (χ1) is 10.9. The van der Waals surface area contributed by atoms with Crippen LogP contribution in [0.15, 0.2) is 28.7 Å². The molecule has 6 nitrogen and oxygen atoms in total. The molecule has 1 aliphatic rings. The number of halogens is 1. The molecular formula is C16H20BrN3O3. The largest absolute Gasteiger partial charge is 0.355 e. The van der Waals surface area contributed by atoms with E-state index in [-0.39, 0.29) is 12.5 Å². The Hall–Kier alpha value is -1.89. The lowest BCUT2D eigenvalue weighted by molar-refractivity contribution is -0.134. The maximum atomic E-state index is 12.7. The van der Waals surface area contributed by atoms with Gasteiger partial charge in [-0.25, -0.2) is 4.79 Å². The number of amides is 4. The molecule has 0 spiro atoms. The Morgan fingerprint density at radius 1 is 1.39 bits per heavy atom. The van der Waals surface area contributed by atoms with Crippen LogP contribution in [0, 0.1) is 0 Å². The average Bonchev–Trinajstić information content (AvgIpc) is 2.72. The highest BCUT2D eigenvalue weighted by atomic mass is 79.9. The smallest absolute Gasteiger partial charge is 0.325 e. The molecule has 1 aromatic carbocycles. The summed E-state index contributed by atoms with van der Waals surface area (Å²) in [6.45, 7) is 3.94. The van der Waals surface area contributed by atoms with Gasteiger partial charge < -0.3 is 10.6 Å². The molecular weight excluding hydrogens is 362 g/mol. The van der Waals surface area contributed by atoms with Crippen molar-refractivity contribution in [3.8, 4) is 0 Å². The summed E-state index contributed by atoms with van der Waals surface area (Å²) < 4.78 is 0.814. The van der Waals surface area contributed by atoms with E-state index in [1.54, 1.807) is 25.1 Å². The maximum Gasteiger partial charge on any atom is 0.325 e. The lowest BCUT2D eigenvalue weighted by Crippen LogP contribution is -2.43. The van der Waals surface area contributed by atoms with E-state index in [2.05, 4.69) is 26.6 Å². The number of imide groups is 1. The SMILES string of the molecule is CCCCNC(=O)CN1C(=O)NC(C)(c2cccc(Br)c2)C1=O. The second-order valence-corrected chi connectivity index (χ2v) is 6.58. The van der Waals surface area contributed by atoms with Crippen LogP contribution in [-0.4, -0.2) is 35.8 Å². The lowest BCUT2D eigenvalue weighted by Gasteiger charge is -2.22. The zero-order valence-corrected chi connectivity index (χ0v) is 14.8. The van der Waals surface area contributed by atoms with E-state index >= 15 is 0 Å². The van der Waals surface area contributed by atoms with E-state index < -0.39 is 17.5 Å². The van der Waals surface area contributed by atoms with Crippen LogP contribution >= 0.6 is 15.9 Å². The predicted octanol–water partition coefficient (Wildman–Crippen LogP) is 2.13. The van der Waals surface area contributed by atoms with Gasteiger partial charge in [0, 0.05) is 11.0 Å². The third-order valence-electron chi connectivity index (χ3n) is 3.83. The molecule has 1 aromatic rings. The maximum absolute atomic E-state index is 12.7. The third kappa shape index (κ3) is 3.72. The van der Waals surface area contributed by atoms with Gasteiger partial charge in [-0.05, 0) is 31.0 Å². The topological polar surface area (TPSA) is 78.5 Å². The summed E-state index contributed by atoms with van der Waals surface area (Å²) >= 11 is 3.36. The van der Waals surface area contributed by atoms with Gasteiger partial charge in [-0.15, -0.1) is 0 Å². The van der Waals surface area contributed by atoms with E-state index in [0.29, 0.717) is 12.1 Å². The van der Waals surface area contributed by atoms with Crippen LogP contribution in [0.4, 0.5) is 4.79 Å². The standard InChI is InChI=1S/C16H20BrN3O3/c1-3-4-8-18-13(21)10-20-14(22)16(2,19-15(20)23)11-6-5-7-12(17)9-11/h5-7,9H,3-4,8,10H2,1-2H3,(H,18,21)(H,19,23). The fraction of sp³-hybridized carbons (Fsp3) is 0.438. The number of nitrogens with zero attached hydrogens (tertiary/aromatic N) is 1. The van der Waals surface area contributed by atoms with Gasteiger partial charge in [-0.1, -0.05) is 41.4 Å². The Bertz CT molecular complexity index is 635. The molecule has 23 heavy (non-hydrogen) atoms. The fourth-order valence-corrected chi connectivity index (χ4v) is 2.84. The molecule has 1 saturated heterocycles. The van der Waals surface area contributed by atoms with Crippen molar-refractivity contribution in [2.24, 2.45) is 0 Å². The minimum atomic E-state index is -1.16. The molecule has 1 aliphatic heterocycles. The Morgan fingerprint density at radius 2 is 2.13 bits per heavy atom. The van der Waals surface area contributed by atoms with E-state index in [4.69, 9.17) is 0 Å². The van der Waals surface area contributed by atoms with Crippen LogP contribution in [0.25, 0.3) is 0 Å². The molecule has 0 radical (unpaired) electrons. The number of hydrogen-bond acceptors (Lipinski definition) is 3. The summed E-state index contributed by atoms with van der Waals surface area (Å²) in [7, 11) is 0. The van der Waals surface area contributed by atoms with Crippen molar-refractivity contribution in [1.29, 1.82) is 0 Å². The highest BCUT2D eigenvalue weighted by Crippen LogP contribution is 2.30. The van der Waals surface area contributed by atoms with Gasteiger partial charge in [0.25, 0.3) is 5.91 Å². The average molecular weight is 382 g/mol. The predicted molar refractivity (Wildman–Crippen MR) is 89.7 cm³/mol. The number of unbranched alkanes of at least 4 members (excludes halogenated alkanes) is 1. The monoisotopic (exact) mass is 381 g/mol. The van der Waals surface area contributed by atoms with E-state index in [9.17, 15) is 14.4 Å². The molecule has 0 aromatic heterocycles. The van der Waals surface area contributed by atoms with Crippen LogP contribution in [0.5, 0.6) is 0 Å². The first kappa shape index (κ1) is 17.5. The highest BCUT2D eigenvalue weighted by Gasteiger charge is 2.49. The number of rotatable bonds is 6. The van der Waals surface area contributed by atoms with Crippen LogP contribution < -0.4 is 10.6 Å². The number of carbonyl (C=O) groups excluding carboxylic acids is 3. The molecule has 1 heterocycles. The second kappa shape index (κ2) is 7.12. The number of benzene rings is 1. The summed E-state index contributed by atoms with van der Waals surface area (Å²) in [6.07, 6.45) is 1.83. The quantitative estimate of drug-likeness (QED) is 0.585. The van der Waals surface area contributed by atoms with E-state index in [1.165, 1.54) is 0 Å². The van der Waals surface area contributed by atoms with Gasteiger partial charge in [0.15, 0.2) is 0 Å². The summed E-state index contributed by atoms with van der Waals surface area (Å²) in [5.74, 6) is -0.758. The summed E-state index contributed by atoms with van der Waals surface area (Å²) in [4.78, 5) is 37.6. The van der Waals surface area contributed by atoms with Crippen LogP contribution in [0.2, 0.25) is 0 Å². The van der Waals surface area contributed by atoms with Crippen molar-refractivity contribution in [2.75, 3.05) is 13.1 Å². The minimum absolute atomic E-state index is 0.266. The van der Waals surface area contributed by atoms with Crippen molar-refractivity contribution in [3.05, 3.63) is 34.3 Å². The Morgan fingerprint density at radius 3 is 2.78 bits per heavy atom. The normalized spacial score (nSPS) is 20.6. The second-order valence-electron chi connectivity index (χ2n) is 5.66.